The van der Waals surface area contributed by atoms with Crippen LogP contribution in [0.15, 0.2) is 58.6 Å². The van der Waals surface area contributed by atoms with Crippen LogP contribution >= 0.6 is 15.9 Å². The second-order valence-corrected chi connectivity index (χ2v) is 5.58. The van der Waals surface area contributed by atoms with Crippen molar-refractivity contribution in [3.63, 3.8) is 0 Å². The minimum Gasteiger partial charge on any atom is -0.497 e. The highest BCUT2D eigenvalue weighted by molar-refractivity contribution is 9.10. The number of nitriles is 1. The Labute approximate surface area is 143 Å². The summed E-state index contributed by atoms with van der Waals surface area (Å²) in [5.74, 6) is 0.352. The van der Waals surface area contributed by atoms with E-state index in [2.05, 4.69) is 21.2 Å². The lowest BCUT2D eigenvalue weighted by molar-refractivity contribution is -0.117. The molecule has 0 heterocycles. The lowest BCUT2D eigenvalue weighted by Crippen LogP contribution is -2.23. The number of carbonyl (C=O) groups excluding carboxylic acids is 1. The molecule has 0 fully saturated rings. The van der Waals surface area contributed by atoms with Crippen molar-refractivity contribution >= 4 is 27.9 Å². The van der Waals surface area contributed by atoms with Crippen molar-refractivity contribution in [1.82, 2.24) is 5.32 Å². The number of carbonyl (C=O) groups is 1. The zero-order chi connectivity index (χ0) is 16.7. The molecule has 0 aliphatic rings. The summed E-state index contributed by atoms with van der Waals surface area (Å²) in [4.78, 5) is 12.1. The summed E-state index contributed by atoms with van der Waals surface area (Å²) in [5, 5.41) is 11.9. The molecule has 2 aromatic rings. The number of nitrogens with zero attached hydrogens (tertiary/aromatic N) is 1. The Balaban J connectivity index is 2.05. The molecule has 5 heteroatoms. The van der Waals surface area contributed by atoms with Gasteiger partial charge in [0.25, 0.3) is 5.91 Å². The SMILES string of the molecule is COc1ccc(CNC(=O)/C(C#N)=C\c2ccccc2Br)cc1. The molecule has 2 aromatic carbocycles. The fraction of sp³-hybridized carbons (Fsp3) is 0.111. The Morgan fingerprint density at radius 3 is 2.57 bits per heavy atom. The standard InChI is InChI=1S/C18H15BrN2O2/c1-23-16-8-6-13(7-9-16)12-21-18(22)15(11-20)10-14-4-2-3-5-17(14)19/h2-10H,12H2,1H3,(H,21,22)/b15-10-. The molecule has 0 radical (unpaired) electrons. The van der Waals surface area contributed by atoms with Crippen LogP contribution in [0.25, 0.3) is 6.08 Å². The van der Waals surface area contributed by atoms with Gasteiger partial charge in [0.05, 0.1) is 7.11 Å². The van der Waals surface area contributed by atoms with E-state index >= 15 is 0 Å². The van der Waals surface area contributed by atoms with Gasteiger partial charge in [-0.1, -0.05) is 46.3 Å². The quantitative estimate of drug-likeness (QED) is 0.644. The van der Waals surface area contributed by atoms with Crippen molar-refractivity contribution in [2.75, 3.05) is 7.11 Å². The summed E-state index contributed by atoms with van der Waals surface area (Å²) in [6, 6.07) is 16.7. The zero-order valence-electron chi connectivity index (χ0n) is 12.5. The van der Waals surface area contributed by atoms with Gasteiger partial charge in [0, 0.05) is 11.0 Å². The predicted octanol–water partition coefficient (Wildman–Crippen LogP) is 3.68. The third-order valence-electron chi connectivity index (χ3n) is 3.18. The smallest absolute Gasteiger partial charge is 0.262 e. The highest BCUT2D eigenvalue weighted by Gasteiger charge is 2.09. The molecule has 0 unspecified atom stereocenters. The van der Waals surface area contributed by atoms with Crippen molar-refractivity contribution in [3.05, 3.63) is 69.7 Å². The molecule has 0 aromatic heterocycles. The Morgan fingerprint density at radius 1 is 1.26 bits per heavy atom. The molecule has 0 spiro atoms. The average molecular weight is 371 g/mol. The maximum Gasteiger partial charge on any atom is 0.262 e. The minimum absolute atomic E-state index is 0.0606. The van der Waals surface area contributed by atoms with Crippen molar-refractivity contribution < 1.29 is 9.53 Å². The van der Waals surface area contributed by atoms with Crippen LogP contribution in [-0.4, -0.2) is 13.0 Å². The Hall–Kier alpha value is -2.58. The van der Waals surface area contributed by atoms with Gasteiger partial charge >= 0.3 is 0 Å². The van der Waals surface area contributed by atoms with Crippen LogP contribution in [0, 0.1) is 11.3 Å². The fourth-order valence-corrected chi connectivity index (χ4v) is 2.32. The van der Waals surface area contributed by atoms with Crippen LogP contribution in [0.3, 0.4) is 0 Å². The summed E-state index contributed by atoms with van der Waals surface area (Å²) >= 11 is 3.39. The van der Waals surface area contributed by atoms with Crippen LogP contribution in [0.2, 0.25) is 0 Å². The molecule has 1 amide bonds. The third kappa shape index (κ3) is 4.70. The fourth-order valence-electron chi connectivity index (χ4n) is 1.92. The lowest BCUT2D eigenvalue weighted by Gasteiger charge is -2.06. The molecule has 0 aliphatic carbocycles. The second-order valence-electron chi connectivity index (χ2n) is 4.72. The third-order valence-corrected chi connectivity index (χ3v) is 3.90. The highest BCUT2D eigenvalue weighted by Crippen LogP contribution is 2.19. The molecule has 2 rings (SSSR count). The van der Waals surface area contributed by atoms with E-state index in [1.165, 1.54) is 0 Å². The van der Waals surface area contributed by atoms with Gasteiger partial charge in [0.1, 0.15) is 17.4 Å². The van der Waals surface area contributed by atoms with Gasteiger partial charge in [-0.05, 0) is 35.4 Å². The number of methoxy groups -OCH3 is 1. The molecule has 0 aliphatic heterocycles. The van der Waals surface area contributed by atoms with Crippen LogP contribution in [0.4, 0.5) is 0 Å². The topological polar surface area (TPSA) is 62.1 Å². The molecule has 1 N–H and O–H groups in total. The minimum atomic E-state index is -0.404. The molecule has 116 valence electrons. The van der Waals surface area contributed by atoms with E-state index in [4.69, 9.17) is 4.74 Å². The van der Waals surface area contributed by atoms with Gasteiger partial charge in [-0.15, -0.1) is 0 Å². The maximum absolute atomic E-state index is 12.1. The van der Waals surface area contributed by atoms with Gasteiger partial charge in [-0.3, -0.25) is 4.79 Å². The van der Waals surface area contributed by atoms with Crippen molar-refractivity contribution in [1.29, 1.82) is 5.26 Å². The normalized spacial score (nSPS) is 10.7. The maximum atomic E-state index is 12.1. The number of benzene rings is 2. The first-order valence-corrected chi connectivity index (χ1v) is 7.71. The number of halogens is 1. The molecule has 0 saturated heterocycles. The van der Waals surface area contributed by atoms with E-state index < -0.39 is 5.91 Å². The van der Waals surface area contributed by atoms with E-state index in [0.717, 1.165) is 21.3 Å². The molecule has 23 heavy (non-hydrogen) atoms. The number of hydrogen-bond acceptors (Lipinski definition) is 3. The molecular weight excluding hydrogens is 356 g/mol. The van der Waals surface area contributed by atoms with Crippen LogP contribution in [-0.2, 0) is 11.3 Å². The van der Waals surface area contributed by atoms with E-state index in [-0.39, 0.29) is 5.57 Å². The number of ether oxygens (including phenoxy) is 1. The van der Waals surface area contributed by atoms with Gasteiger partial charge in [-0.2, -0.15) is 5.26 Å². The van der Waals surface area contributed by atoms with Gasteiger partial charge < -0.3 is 10.1 Å². The number of nitrogens with one attached hydrogen (secondary N) is 1. The Kier molecular flexibility index (Phi) is 5.95. The Bertz CT molecular complexity index is 761. The second kappa shape index (κ2) is 8.16. The number of amides is 1. The summed E-state index contributed by atoms with van der Waals surface area (Å²) in [5.41, 5.74) is 1.77. The first-order chi connectivity index (χ1) is 11.1. The summed E-state index contributed by atoms with van der Waals surface area (Å²) < 4.78 is 5.91. The summed E-state index contributed by atoms with van der Waals surface area (Å²) in [7, 11) is 1.60. The van der Waals surface area contributed by atoms with Crippen molar-refractivity contribution in [2.24, 2.45) is 0 Å². The number of rotatable bonds is 5. The molecule has 4 nitrogen and oxygen atoms in total. The molecular formula is C18H15BrN2O2. The van der Waals surface area contributed by atoms with Gasteiger partial charge in [0.2, 0.25) is 0 Å². The van der Waals surface area contributed by atoms with Crippen molar-refractivity contribution in [2.45, 2.75) is 6.54 Å². The van der Waals surface area contributed by atoms with E-state index in [0.29, 0.717) is 6.54 Å². The Morgan fingerprint density at radius 2 is 1.96 bits per heavy atom. The van der Waals surface area contributed by atoms with Gasteiger partial charge in [0.15, 0.2) is 0 Å². The zero-order valence-corrected chi connectivity index (χ0v) is 14.1. The van der Waals surface area contributed by atoms with Crippen molar-refractivity contribution in [3.8, 4) is 11.8 Å². The average Bonchev–Trinajstić information content (AvgIpc) is 2.59. The first kappa shape index (κ1) is 16.8. The lowest BCUT2D eigenvalue weighted by atomic mass is 10.1. The monoisotopic (exact) mass is 370 g/mol. The van der Waals surface area contributed by atoms with Crippen LogP contribution in [0.5, 0.6) is 5.75 Å². The summed E-state index contributed by atoms with van der Waals surface area (Å²) in [6.45, 7) is 0.345. The van der Waals surface area contributed by atoms with Crippen LogP contribution in [0.1, 0.15) is 11.1 Å². The highest BCUT2D eigenvalue weighted by atomic mass is 79.9. The first-order valence-electron chi connectivity index (χ1n) is 6.91. The largest absolute Gasteiger partial charge is 0.497 e. The van der Waals surface area contributed by atoms with E-state index in [9.17, 15) is 10.1 Å². The number of hydrogen-bond donors (Lipinski definition) is 1. The predicted molar refractivity (Wildman–Crippen MR) is 92.6 cm³/mol. The summed E-state index contributed by atoms with van der Waals surface area (Å²) in [6.07, 6.45) is 1.56. The van der Waals surface area contributed by atoms with E-state index in [1.807, 2.05) is 54.6 Å². The molecule has 0 saturated carbocycles. The van der Waals surface area contributed by atoms with Gasteiger partial charge in [-0.25, -0.2) is 0 Å². The molecule has 0 atom stereocenters. The molecule has 0 bridgehead atoms. The van der Waals surface area contributed by atoms with Crippen LogP contribution < -0.4 is 10.1 Å². The van der Waals surface area contributed by atoms with E-state index in [1.54, 1.807) is 13.2 Å².